The van der Waals surface area contributed by atoms with Gasteiger partial charge in [-0.25, -0.2) is 0 Å². The number of amides is 1. The lowest BCUT2D eigenvalue weighted by atomic mass is 9.98. The lowest BCUT2D eigenvalue weighted by Crippen LogP contribution is -2.30. The number of nitrogens with one attached hydrogen (secondary N) is 1. The molecule has 0 heterocycles. The van der Waals surface area contributed by atoms with Crippen molar-refractivity contribution in [2.75, 3.05) is 6.54 Å². The van der Waals surface area contributed by atoms with E-state index in [9.17, 15) is 9.90 Å². The largest absolute Gasteiger partial charge is 0.507 e. The highest BCUT2D eigenvalue weighted by molar-refractivity contribution is 6.31. The number of phenolic OH excluding ortho intramolecular Hbond substituents is 1. The van der Waals surface area contributed by atoms with Crippen LogP contribution in [0.5, 0.6) is 5.75 Å². The van der Waals surface area contributed by atoms with Crippen molar-refractivity contribution >= 4 is 17.5 Å². The third kappa shape index (κ3) is 2.96. The maximum absolute atomic E-state index is 12.0. The van der Waals surface area contributed by atoms with Gasteiger partial charge in [-0.1, -0.05) is 31.4 Å². The number of hydrogen-bond acceptors (Lipinski definition) is 2. The standard InChI is InChI=1S/C14H18ClNO2/c1-9-3-2-4-10(9)8-16-14(18)12-7-11(15)5-6-13(12)17/h5-7,9-10,17H,2-4,8H2,1H3,(H,16,18). The van der Waals surface area contributed by atoms with Crippen molar-refractivity contribution in [3.05, 3.63) is 28.8 Å². The second-order valence-corrected chi connectivity index (χ2v) is 5.48. The van der Waals surface area contributed by atoms with Crippen LogP contribution in [0.4, 0.5) is 0 Å². The number of aromatic hydroxyl groups is 1. The Morgan fingerprint density at radius 3 is 2.94 bits per heavy atom. The molecule has 1 aromatic carbocycles. The van der Waals surface area contributed by atoms with E-state index in [1.54, 1.807) is 6.07 Å². The summed E-state index contributed by atoms with van der Waals surface area (Å²) >= 11 is 5.82. The predicted molar refractivity (Wildman–Crippen MR) is 72.0 cm³/mol. The van der Waals surface area contributed by atoms with Gasteiger partial charge in [0, 0.05) is 11.6 Å². The van der Waals surface area contributed by atoms with Gasteiger partial charge in [0.25, 0.3) is 5.91 Å². The highest BCUT2D eigenvalue weighted by atomic mass is 35.5. The van der Waals surface area contributed by atoms with Crippen LogP contribution < -0.4 is 5.32 Å². The van der Waals surface area contributed by atoms with Crippen molar-refractivity contribution in [3.8, 4) is 5.75 Å². The zero-order chi connectivity index (χ0) is 13.1. The Labute approximate surface area is 112 Å². The van der Waals surface area contributed by atoms with Gasteiger partial charge < -0.3 is 10.4 Å². The summed E-state index contributed by atoms with van der Waals surface area (Å²) in [5, 5.41) is 13.0. The summed E-state index contributed by atoms with van der Waals surface area (Å²) in [4.78, 5) is 12.0. The van der Waals surface area contributed by atoms with Crippen LogP contribution in [-0.2, 0) is 0 Å². The molecule has 0 radical (unpaired) electrons. The molecule has 0 aromatic heterocycles. The molecule has 4 heteroatoms. The average Bonchev–Trinajstić information content (AvgIpc) is 2.75. The number of hydrogen-bond donors (Lipinski definition) is 2. The van der Waals surface area contributed by atoms with E-state index in [2.05, 4.69) is 12.2 Å². The van der Waals surface area contributed by atoms with Crippen molar-refractivity contribution in [3.63, 3.8) is 0 Å². The van der Waals surface area contributed by atoms with E-state index in [0.717, 1.165) is 0 Å². The minimum Gasteiger partial charge on any atom is -0.507 e. The van der Waals surface area contributed by atoms with Crippen LogP contribution in [0.2, 0.25) is 5.02 Å². The second kappa shape index (κ2) is 5.61. The average molecular weight is 268 g/mol. The van der Waals surface area contributed by atoms with Crippen LogP contribution in [0.1, 0.15) is 36.5 Å². The van der Waals surface area contributed by atoms with E-state index < -0.39 is 0 Å². The number of halogens is 1. The van der Waals surface area contributed by atoms with E-state index in [4.69, 9.17) is 11.6 Å². The molecule has 0 aliphatic heterocycles. The second-order valence-electron chi connectivity index (χ2n) is 5.04. The molecule has 18 heavy (non-hydrogen) atoms. The monoisotopic (exact) mass is 267 g/mol. The van der Waals surface area contributed by atoms with Crippen molar-refractivity contribution in [1.82, 2.24) is 5.32 Å². The number of carbonyl (C=O) groups is 1. The summed E-state index contributed by atoms with van der Waals surface area (Å²) in [6.45, 7) is 2.90. The number of phenols is 1. The summed E-state index contributed by atoms with van der Waals surface area (Å²) in [5.41, 5.74) is 0.244. The fraction of sp³-hybridized carbons (Fsp3) is 0.500. The maximum atomic E-state index is 12.0. The first-order chi connectivity index (χ1) is 8.58. The lowest BCUT2D eigenvalue weighted by molar-refractivity contribution is 0.0942. The third-order valence-corrected chi connectivity index (χ3v) is 4.00. The van der Waals surface area contributed by atoms with E-state index in [1.807, 2.05) is 0 Å². The molecular weight excluding hydrogens is 250 g/mol. The molecule has 1 aliphatic carbocycles. The molecular formula is C14H18ClNO2. The van der Waals surface area contributed by atoms with Gasteiger partial charge in [-0.3, -0.25) is 4.79 Å². The molecule has 2 unspecified atom stereocenters. The van der Waals surface area contributed by atoms with Crippen LogP contribution in [0.3, 0.4) is 0 Å². The Bertz CT molecular complexity index is 447. The molecule has 0 saturated heterocycles. The van der Waals surface area contributed by atoms with Crippen molar-refractivity contribution in [2.24, 2.45) is 11.8 Å². The summed E-state index contributed by atoms with van der Waals surface area (Å²) in [6.07, 6.45) is 3.65. The highest BCUT2D eigenvalue weighted by Gasteiger charge is 2.24. The van der Waals surface area contributed by atoms with Gasteiger partial charge >= 0.3 is 0 Å². The molecule has 1 fully saturated rings. The molecule has 3 nitrogen and oxygen atoms in total. The van der Waals surface area contributed by atoms with Gasteiger partial charge in [0.2, 0.25) is 0 Å². The predicted octanol–water partition coefficient (Wildman–Crippen LogP) is 3.21. The summed E-state index contributed by atoms with van der Waals surface area (Å²) in [6, 6.07) is 4.49. The summed E-state index contributed by atoms with van der Waals surface area (Å²) in [7, 11) is 0. The molecule has 1 aromatic rings. The minimum absolute atomic E-state index is 0.0311. The fourth-order valence-electron chi connectivity index (χ4n) is 2.53. The van der Waals surface area contributed by atoms with Crippen LogP contribution in [0, 0.1) is 11.8 Å². The van der Waals surface area contributed by atoms with E-state index in [1.165, 1.54) is 31.4 Å². The molecule has 2 rings (SSSR count). The smallest absolute Gasteiger partial charge is 0.255 e. The fourth-order valence-corrected chi connectivity index (χ4v) is 2.71. The van der Waals surface area contributed by atoms with Crippen LogP contribution in [0.15, 0.2) is 18.2 Å². The Hall–Kier alpha value is -1.22. The van der Waals surface area contributed by atoms with E-state index >= 15 is 0 Å². The van der Waals surface area contributed by atoms with Gasteiger partial charge in [-0.05, 0) is 36.5 Å². The maximum Gasteiger partial charge on any atom is 0.255 e. The minimum atomic E-state index is -0.255. The Balaban J connectivity index is 1.97. The number of rotatable bonds is 3. The van der Waals surface area contributed by atoms with E-state index in [-0.39, 0.29) is 17.2 Å². The number of carbonyl (C=O) groups excluding carboxylic acids is 1. The van der Waals surface area contributed by atoms with Gasteiger partial charge in [-0.2, -0.15) is 0 Å². The van der Waals surface area contributed by atoms with Gasteiger partial charge in [0.05, 0.1) is 5.56 Å². The first-order valence-corrected chi connectivity index (χ1v) is 6.72. The molecule has 2 atom stereocenters. The molecule has 98 valence electrons. The van der Waals surface area contributed by atoms with Gasteiger partial charge in [0.15, 0.2) is 0 Å². The van der Waals surface area contributed by atoms with Gasteiger partial charge in [-0.15, -0.1) is 0 Å². The normalized spacial score (nSPS) is 23.0. The Morgan fingerprint density at radius 1 is 1.50 bits per heavy atom. The zero-order valence-corrected chi connectivity index (χ0v) is 11.2. The Kier molecular flexibility index (Phi) is 4.12. The third-order valence-electron chi connectivity index (χ3n) is 3.77. The van der Waals surface area contributed by atoms with Crippen molar-refractivity contribution < 1.29 is 9.90 Å². The molecule has 0 bridgehead atoms. The quantitative estimate of drug-likeness (QED) is 0.883. The number of benzene rings is 1. The highest BCUT2D eigenvalue weighted by Crippen LogP contribution is 2.30. The Morgan fingerprint density at radius 2 is 2.28 bits per heavy atom. The zero-order valence-electron chi connectivity index (χ0n) is 10.4. The lowest BCUT2D eigenvalue weighted by Gasteiger charge is -2.16. The van der Waals surface area contributed by atoms with Crippen LogP contribution in [0.25, 0.3) is 0 Å². The first-order valence-electron chi connectivity index (χ1n) is 6.34. The summed E-state index contributed by atoms with van der Waals surface area (Å²) < 4.78 is 0. The van der Waals surface area contributed by atoms with Crippen LogP contribution in [-0.4, -0.2) is 17.6 Å². The molecule has 1 aliphatic rings. The van der Waals surface area contributed by atoms with Crippen molar-refractivity contribution in [2.45, 2.75) is 26.2 Å². The molecule has 1 amide bonds. The molecule has 2 N–H and O–H groups in total. The first kappa shape index (κ1) is 13.2. The van der Waals surface area contributed by atoms with Crippen LogP contribution >= 0.6 is 11.6 Å². The SMILES string of the molecule is CC1CCCC1CNC(=O)c1cc(Cl)ccc1O. The topological polar surface area (TPSA) is 49.3 Å². The summed E-state index contributed by atoms with van der Waals surface area (Å²) in [5.74, 6) is 0.930. The molecule has 1 saturated carbocycles. The van der Waals surface area contributed by atoms with Gasteiger partial charge in [0.1, 0.15) is 5.75 Å². The van der Waals surface area contributed by atoms with Crippen molar-refractivity contribution in [1.29, 1.82) is 0 Å². The molecule has 0 spiro atoms. The van der Waals surface area contributed by atoms with E-state index in [0.29, 0.717) is 23.4 Å².